The van der Waals surface area contributed by atoms with Crippen LogP contribution in [0.2, 0.25) is 10.0 Å². The summed E-state index contributed by atoms with van der Waals surface area (Å²) in [5, 5.41) is 7.13. The van der Waals surface area contributed by atoms with Gasteiger partial charge in [-0.25, -0.2) is 4.68 Å². The van der Waals surface area contributed by atoms with Crippen LogP contribution in [0.1, 0.15) is 5.56 Å². The van der Waals surface area contributed by atoms with E-state index in [0.29, 0.717) is 15.6 Å². The van der Waals surface area contributed by atoms with Crippen LogP contribution in [0.3, 0.4) is 0 Å². The van der Waals surface area contributed by atoms with E-state index in [0.717, 1.165) is 0 Å². The molecule has 2 rings (SSSR count). The number of amides is 1. The Bertz CT molecular complexity index is 706. The first-order valence-electron chi connectivity index (χ1n) is 6.21. The van der Waals surface area contributed by atoms with Crippen molar-refractivity contribution in [3.05, 3.63) is 46.1 Å². The van der Waals surface area contributed by atoms with Gasteiger partial charge in [-0.2, -0.15) is 18.3 Å². The first-order chi connectivity index (χ1) is 10.8. The summed E-state index contributed by atoms with van der Waals surface area (Å²) in [4.78, 5) is 11.6. The quantitative estimate of drug-likeness (QED) is 0.830. The van der Waals surface area contributed by atoms with Crippen LogP contribution in [0.15, 0.2) is 30.5 Å². The van der Waals surface area contributed by atoms with E-state index in [9.17, 15) is 18.0 Å². The molecule has 0 spiro atoms. The van der Waals surface area contributed by atoms with E-state index in [1.165, 1.54) is 16.9 Å². The summed E-state index contributed by atoms with van der Waals surface area (Å²) in [6, 6.07) is 6.56. The molecule has 0 aliphatic rings. The lowest BCUT2D eigenvalue weighted by atomic mass is 10.2. The molecule has 0 bridgehead atoms. The Hall–Kier alpha value is -1.38. The first-order valence-corrected chi connectivity index (χ1v) is 7.95. The SMILES string of the molecule is O=C(CSC(F)(F)F)Nc1ccnn1Cc1cccc(Cl)c1Cl. The maximum Gasteiger partial charge on any atom is 0.442 e. The highest BCUT2D eigenvalue weighted by Crippen LogP contribution is 2.30. The molecule has 1 amide bonds. The predicted octanol–water partition coefficient (Wildman–Crippen LogP) is 4.43. The maximum absolute atomic E-state index is 12.1. The van der Waals surface area contributed by atoms with Gasteiger partial charge < -0.3 is 5.32 Å². The van der Waals surface area contributed by atoms with Gasteiger partial charge in [0.2, 0.25) is 5.91 Å². The minimum atomic E-state index is -4.45. The molecule has 2 aromatic rings. The average molecular weight is 384 g/mol. The fourth-order valence-electron chi connectivity index (χ4n) is 1.72. The molecule has 0 radical (unpaired) electrons. The van der Waals surface area contributed by atoms with Gasteiger partial charge in [-0.3, -0.25) is 4.79 Å². The molecule has 10 heteroatoms. The number of rotatable bonds is 5. The smallest absolute Gasteiger partial charge is 0.310 e. The van der Waals surface area contributed by atoms with Crippen LogP contribution in [-0.4, -0.2) is 26.9 Å². The number of thioether (sulfide) groups is 1. The molecule has 0 fully saturated rings. The number of carbonyl (C=O) groups is 1. The van der Waals surface area contributed by atoms with Crippen LogP contribution < -0.4 is 5.32 Å². The second kappa shape index (κ2) is 7.46. The highest BCUT2D eigenvalue weighted by molar-refractivity contribution is 8.00. The lowest BCUT2D eigenvalue weighted by molar-refractivity contribution is -0.114. The Labute approximate surface area is 143 Å². The number of aromatic nitrogens is 2. The van der Waals surface area contributed by atoms with Crippen molar-refractivity contribution in [2.24, 2.45) is 0 Å². The molecule has 124 valence electrons. The van der Waals surface area contributed by atoms with Gasteiger partial charge >= 0.3 is 5.51 Å². The Morgan fingerprint density at radius 2 is 2.04 bits per heavy atom. The number of halogens is 5. The average Bonchev–Trinajstić information content (AvgIpc) is 2.88. The summed E-state index contributed by atoms with van der Waals surface area (Å²) in [5.74, 6) is -1.23. The largest absolute Gasteiger partial charge is 0.442 e. The number of anilines is 1. The third kappa shape index (κ3) is 5.33. The molecule has 1 N–H and O–H groups in total. The fourth-order valence-corrected chi connectivity index (χ4v) is 2.47. The van der Waals surface area contributed by atoms with E-state index < -0.39 is 28.9 Å². The van der Waals surface area contributed by atoms with Crippen molar-refractivity contribution in [2.75, 3.05) is 11.1 Å². The number of alkyl halides is 3. The third-order valence-electron chi connectivity index (χ3n) is 2.70. The van der Waals surface area contributed by atoms with Gasteiger partial charge in [0.15, 0.2) is 0 Å². The van der Waals surface area contributed by atoms with Crippen LogP contribution in [0.25, 0.3) is 0 Å². The van der Waals surface area contributed by atoms with E-state index in [-0.39, 0.29) is 12.4 Å². The molecule has 0 atom stereocenters. The topological polar surface area (TPSA) is 46.9 Å². The Morgan fingerprint density at radius 3 is 2.74 bits per heavy atom. The van der Waals surface area contributed by atoms with E-state index >= 15 is 0 Å². The van der Waals surface area contributed by atoms with Gasteiger partial charge in [0.25, 0.3) is 0 Å². The van der Waals surface area contributed by atoms with Gasteiger partial charge in [-0.05, 0) is 23.4 Å². The standard InChI is InChI=1S/C13H10Cl2F3N3OS/c14-9-3-1-2-8(12(9)15)6-21-10(4-5-19-21)20-11(22)7-23-13(16,17)18/h1-5H,6-7H2,(H,20,22). The van der Waals surface area contributed by atoms with Crippen molar-refractivity contribution in [3.63, 3.8) is 0 Å². The van der Waals surface area contributed by atoms with Crippen LogP contribution >= 0.6 is 35.0 Å². The highest BCUT2D eigenvalue weighted by atomic mass is 35.5. The van der Waals surface area contributed by atoms with Crippen molar-refractivity contribution in [1.29, 1.82) is 0 Å². The fraction of sp³-hybridized carbons (Fsp3) is 0.231. The number of benzene rings is 1. The first kappa shape index (κ1) is 18.0. The zero-order valence-electron chi connectivity index (χ0n) is 11.4. The number of nitrogens with zero attached hydrogens (tertiary/aromatic N) is 2. The number of carbonyl (C=O) groups excluding carboxylic acids is 1. The molecule has 1 aromatic heterocycles. The molecule has 4 nitrogen and oxygen atoms in total. The molecular weight excluding hydrogens is 374 g/mol. The number of nitrogens with one attached hydrogen (secondary N) is 1. The van der Waals surface area contributed by atoms with Gasteiger partial charge in [0.05, 0.1) is 28.5 Å². The van der Waals surface area contributed by atoms with E-state index in [2.05, 4.69) is 10.4 Å². The van der Waals surface area contributed by atoms with Gasteiger partial charge in [0.1, 0.15) is 5.82 Å². The van der Waals surface area contributed by atoms with Crippen molar-refractivity contribution in [1.82, 2.24) is 9.78 Å². The highest BCUT2D eigenvalue weighted by Gasteiger charge is 2.29. The van der Waals surface area contributed by atoms with Gasteiger partial charge in [-0.1, -0.05) is 35.3 Å². The molecule has 23 heavy (non-hydrogen) atoms. The summed E-state index contributed by atoms with van der Waals surface area (Å²) >= 11 is 11.6. The Morgan fingerprint density at radius 1 is 1.30 bits per heavy atom. The maximum atomic E-state index is 12.1. The molecule has 0 aliphatic heterocycles. The zero-order valence-corrected chi connectivity index (χ0v) is 13.7. The second-order valence-corrected chi connectivity index (χ2v) is 6.20. The van der Waals surface area contributed by atoms with Gasteiger partial charge in [0, 0.05) is 6.07 Å². The monoisotopic (exact) mass is 383 g/mol. The summed E-state index contributed by atoms with van der Waals surface area (Å²) in [6.45, 7) is 0.217. The van der Waals surface area contributed by atoms with E-state index in [4.69, 9.17) is 23.2 Å². The minimum absolute atomic E-state index is 0.217. The zero-order chi connectivity index (χ0) is 17.0. The van der Waals surface area contributed by atoms with Crippen molar-refractivity contribution >= 4 is 46.7 Å². The lowest BCUT2D eigenvalue weighted by Crippen LogP contribution is -2.19. The van der Waals surface area contributed by atoms with Crippen molar-refractivity contribution in [3.8, 4) is 0 Å². The van der Waals surface area contributed by atoms with Crippen LogP contribution in [0, 0.1) is 0 Å². The molecule has 0 unspecified atom stereocenters. The Balaban J connectivity index is 2.05. The molecule has 1 aromatic carbocycles. The molecular formula is C13H10Cl2F3N3OS. The second-order valence-electron chi connectivity index (χ2n) is 4.37. The summed E-state index contributed by atoms with van der Waals surface area (Å²) in [5.41, 5.74) is -3.78. The molecule has 1 heterocycles. The molecule has 0 saturated heterocycles. The van der Waals surface area contributed by atoms with E-state index in [1.54, 1.807) is 18.2 Å². The predicted molar refractivity (Wildman–Crippen MR) is 84.9 cm³/mol. The molecule has 0 aliphatic carbocycles. The molecule has 0 saturated carbocycles. The number of hydrogen-bond acceptors (Lipinski definition) is 3. The van der Waals surface area contributed by atoms with E-state index in [1.807, 2.05) is 0 Å². The van der Waals surface area contributed by atoms with Crippen molar-refractivity contribution in [2.45, 2.75) is 12.1 Å². The third-order valence-corrected chi connectivity index (χ3v) is 4.29. The Kier molecular flexibility index (Phi) is 5.83. The summed E-state index contributed by atoms with van der Waals surface area (Å²) in [6.07, 6.45) is 1.42. The summed E-state index contributed by atoms with van der Waals surface area (Å²) in [7, 11) is 0. The minimum Gasteiger partial charge on any atom is -0.310 e. The lowest BCUT2D eigenvalue weighted by Gasteiger charge is -2.11. The normalized spacial score (nSPS) is 11.5. The van der Waals surface area contributed by atoms with Crippen LogP contribution in [0.4, 0.5) is 19.0 Å². The van der Waals surface area contributed by atoms with Crippen LogP contribution in [-0.2, 0) is 11.3 Å². The van der Waals surface area contributed by atoms with Crippen molar-refractivity contribution < 1.29 is 18.0 Å². The number of hydrogen-bond donors (Lipinski definition) is 1. The summed E-state index contributed by atoms with van der Waals surface area (Å²) < 4.78 is 37.7. The van der Waals surface area contributed by atoms with Crippen LogP contribution in [0.5, 0.6) is 0 Å². The van der Waals surface area contributed by atoms with Gasteiger partial charge in [-0.15, -0.1) is 0 Å².